The van der Waals surface area contributed by atoms with E-state index >= 15 is 0 Å². The molecule has 120 valence electrons. The van der Waals surface area contributed by atoms with E-state index in [1.165, 1.54) is 12.8 Å². The standard InChI is InChI=1S/C17H24N2O3/c20-17(18-9-14-2-1-6-21-14)13-8-16-15(5-7-22-16)19(11-13)10-12-3-4-12/h1-2,6,12-13,15-16H,3-5,7-11H2,(H,18,20)/t13-,15-,16-/m1/s1. The number of amides is 1. The monoisotopic (exact) mass is 304 g/mol. The number of fused-ring (bicyclic) bond motifs is 1. The van der Waals surface area contributed by atoms with E-state index in [2.05, 4.69) is 10.2 Å². The van der Waals surface area contributed by atoms with Crippen molar-refractivity contribution in [2.24, 2.45) is 11.8 Å². The topological polar surface area (TPSA) is 54.7 Å². The molecular weight excluding hydrogens is 280 g/mol. The number of piperidine rings is 1. The maximum Gasteiger partial charge on any atom is 0.224 e. The molecule has 3 heterocycles. The van der Waals surface area contributed by atoms with Gasteiger partial charge in [-0.05, 0) is 43.7 Å². The number of ether oxygens (including phenoxy) is 1. The van der Waals surface area contributed by atoms with Crippen molar-refractivity contribution < 1.29 is 13.9 Å². The first-order chi connectivity index (χ1) is 10.8. The first-order valence-electron chi connectivity index (χ1n) is 8.45. The minimum atomic E-state index is 0.0352. The molecule has 1 saturated carbocycles. The van der Waals surface area contributed by atoms with Crippen LogP contribution in [0.25, 0.3) is 0 Å². The summed E-state index contributed by atoms with van der Waals surface area (Å²) in [5, 5.41) is 3.01. The van der Waals surface area contributed by atoms with Crippen molar-refractivity contribution >= 4 is 5.91 Å². The number of hydrogen-bond donors (Lipinski definition) is 1. The molecule has 22 heavy (non-hydrogen) atoms. The summed E-state index contributed by atoms with van der Waals surface area (Å²) in [6.45, 7) is 3.34. The lowest BCUT2D eigenvalue weighted by molar-refractivity contribution is -0.129. The van der Waals surface area contributed by atoms with Crippen LogP contribution in [0.15, 0.2) is 22.8 Å². The molecule has 2 aliphatic heterocycles. The van der Waals surface area contributed by atoms with Gasteiger partial charge in [0.05, 0.1) is 24.8 Å². The van der Waals surface area contributed by atoms with Crippen LogP contribution in [0, 0.1) is 11.8 Å². The Morgan fingerprint density at radius 1 is 1.36 bits per heavy atom. The molecule has 0 radical (unpaired) electrons. The summed E-state index contributed by atoms with van der Waals surface area (Å²) in [5.74, 6) is 1.82. The van der Waals surface area contributed by atoms with Crippen molar-refractivity contribution in [3.63, 3.8) is 0 Å². The van der Waals surface area contributed by atoms with Crippen LogP contribution >= 0.6 is 0 Å². The number of nitrogens with one attached hydrogen (secondary N) is 1. The van der Waals surface area contributed by atoms with Crippen LogP contribution in [0.3, 0.4) is 0 Å². The quantitative estimate of drug-likeness (QED) is 0.901. The lowest BCUT2D eigenvalue weighted by atomic mass is 9.89. The van der Waals surface area contributed by atoms with E-state index in [-0.39, 0.29) is 17.9 Å². The summed E-state index contributed by atoms with van der Waals surface area (Å²) >= 11 is 0. The smallest absolute Gasteiger partial charge is 0.224 e. The molecule has 0 aromatic carbocycles. The van der Waals surface area contributed by atoms with Crippen LogP contribution in [0.1, 0.15) is 31.4 Å². The predicted molar refractivity (Wildman–Crippen MR) is 81.1 cm³/mol. The van der Waals surface area contributed by atoms with Gasteiger partial charge in [0, 0.05) is 25.7 Å². The highest BCUT2D eigenvalue weighted by Gasteiger charge is 2.43. The Labute approximate surface area is 131 Å². The SMILES string of the molecule is O=C(NCc1ccco1)[C@@H]1C[C@H]2OCC[C@H]2N(CC2CC2)C1. The fourth-order valence-electron chi connectivity index (χ4n) is 3.82. The Hall–Kier alpha value is -1.33. The van der Waals surface area contributed by atoms with Gasteiger partial charge >= 0.3 is 0 Å². The van der Waals surface area contributed by atoms with Gasteiger partial charge in [-0.2, -0.15) is 0 Å². The van der Waals surface area contributed by atoms with Crippen molar-refractivity contribution in [1.82, 2.24) is 10.2 Å². The second-order valence-electron chi connectivity index (χ2n) is 6.89. The van der Waals surface area contributed by atoms with Crippen LogP contribution < -0.4 is 5.32 Å². The Kier molecular flexibility index (Phi) is 3.92. The average Bonchev–Trinajstić information content (AvgIpc) is 3.03. The summed E-state index contributed by atoms with van der Waals surface area (Å²) in [5.41, 5.74) is 0. The third-order valence-electron chi connectivity index (χ3n) is 5.19. The normalized spacial score (nSPS) is 31.9. The van der Waals surface area contributed by atoms with E-state index in [9.17, 15) is 4.79 Å². The molecule has 3 atom stereocenters. The highest BCUT2D eigenvalue weighted by Crippen LogP contribution is 2.36. The maximum absolute atomic E-state index is 12.5. The molecule has 3 aliphatic rings. The Morgan fingerprint density at radius 2 is 2.27 bits per heavy atom. The van der Waals surface area contributed by atoms with Crippen LogP contribution in [0.5, 0.6) is 0 Å². The van der Waals surface area contributed by atoms with Crippen molar-refractivity contribution in [1.29, 1.82) is 0 Å². The summed E-state index contributed by atoms with van der Waals surface area (Å²) in [6.07, 6.45) is 6.56. The van der Waals surface area contributed by atoms with Gasteiger partial charge in [-0.25, -0.2) is 0 Å². The van der Waals surface area contributed by atoms with Crippen molar-refractivity contribution in [2.45, 2.75) is 44.4 Å². The lowest BCUT2D eigenvalue weighted by Crippen LogP contribution is -2.53. The van der Waals surface area contributed by atoms with Gasteiger partial charge < -0.3 is 14.5 Å². The average molecular weight is 304 g/mol. The van der Waals surface area contributed by atoms with Crippen LogP contribution in [-0.4, -0.2) is 42.6 Å². The van der Waals surface area contributed by atoms with Gasteiger partial charge in [0.1, 0.15) is 5.76 Å². The number of furan rings is 1. The lowest BCUT2D eigenvalue weighted by Gasteiger charge is -2.40. The van der Waals surface area contributed by atoms with Crippen LogP contribution in [-0.2, 0) is 16.1 Å². The zero-order valence-electron chi connectivity index (χ0n) is 12.9. The van der Waals surface area contributed by atoms with E-state index in [4.69, 9.17) is 9.15 Å². The fourth-order valence-corrected chi connectivity index (χ4v) is 3.82. The summed E-state index contributed by atoms with van der Waals surface area (Å²) < 4.78 is 11.2. The number of likely N-dealkylation sites (tertiary alicyclic amines) is 1. The van der Waals surface area contributed by atoms with E-state index in [0.717, 1.165) is 44.2 Å². The molecule has 1 N–H and O–H groups in total. The molecule has 1 aromatic rings. The maximum atomic E-state index is 12.5. The van der Waals surface area contributed by atoms with Crippen molar-refractivity contribution in [2.75, 3.05) is 19.7 Å². The number of hydrogen-bond acceptors (Lipinski definition) is 4. The van der Waals surface area contributed by atoms with Crippen LogP contribution in [0.4, 0.5) is 0 Å². The van der Waals surface area contributed by atoms with Gasteiger partial charge in [0.15, 0.2) is 0 Å². The first-order valence-corrected chi connectivity index (χ1v) is 8.45. The van der Waals surface area contributed by atoms with Gasteiger partial charge in [-0.15, -0.1) is 0 Å². The minimum absolute atomic E-state index is 0.0352. The summed E-state index contributed by atoms with van der Waals surface area (Å²) in [6, 6.07) is 4.27. The highest BCUT2D eigenvalue weighted by atomic mass is 16.5. The van der Waals surface area contributed by atoms with Gasteiger partial charge in [-0.3, -0.25) is 9.69 Å². The number of carbonyl (C=O) groups excluding carboxylic acids is 1. The third kappa shape index (κ3) is 3.06. The van der Waals surface area contributed by atoms with E-state index in [1.54, 1.807) is 6.26 Å². The molecule has 3 fully saturated rings. The van der Waals surface area contributed by atoms with Crippen LogP contribution in [0.2, 0.25) is 0 Å². The van der Waals surface area contributed by atoms with E-state index in [0.29, 0.717) is 12.6 Å². The molecule has 2 saturated heterocycles. The minimum Gasteiger partial charge on any atom is -0.467 e. The van der Waals surface area contributed by atoms with Crippen molar-refractivity contribution in [3.8, 4) is 0 Å². The summed E-state index contributed by atoms with van der Waals surface area (Å²) in [7, 11) is 0. The molecule has 0 bridgehead atoms. The highest BCUT2D eigenvalue weighted by molar-refractivity contribution is 5.79. The van der Waals surface area contributed by atoms with Gasteiger partial charge in [0.2, 0.25) is 5.91 Å². The first kappa shape index (κ1) is 14.3. The second-order valence-corrected chi connectivity index (χ2v) is 6.89. The Morgan fingerprint density at radius 3 is 3.05 bits per heavy atom. The summed E-state index contributed by atoms with van der Waals surface area (Å²) in [4.78, 5) is 15.0. The predicted octanol–water partition coefficient (Wildman–Crippen LogP) is 1.79. The molecular formula is C17H24N2O3. The molecule has 0 unspecified atom stereocenters. The zero-order valence-corrected chi connectivity index (χ0v) is 12.9. The van der Waals surface area contributed by atoms with Crippen molar-refractivity contribution in [3.05, 3.63) is 24.2 Å². The van der Waals surface area contributed by atoms with Gasteiger partial charge in [-0.1, -0.05) is 0 Å². The largest absolute Gasteiger partial charge is 0.467 e. The number of carbonyl (C=O) groups is 1. The molecule has 5 nitrogen and oxygen atoms in total. The molecule has 0 spiro atoms. The zero-order chi connectivity index (χ0) is 14.9. The third-order valence-corrected chi connectivity index (χ3v) is 5.19. The molecule has 1 aromatic heterocycles. The molecule has 1 aliphatic carbocycles. The van der Waals surface area contributed by atoms with E-state index in [1.807, 2.05) is 12.1 Å². The van der Waals surface area contributed by atoms with E-state index < -0.39 is 0 Å². The molecule has 4 rings (SSSR count). The Balaban J connectivity index is 1.36. The Bertz CT molecular complexity index is 512. The second kappa shape index (κ2) is 6.05. The van der Waals surface area contributed by atoms with Gasteiger partial charge in [0.25, 0.3) is 0 Å². The molecule has 5 heteroatoms. The fraction of sp³-hybridized carbons (Fsp3) is 0.706. The number of nitrogens with zero attached hydrogens (tertiary/aromatic N) is 1. The molecule has 1 amide bonds. The number of rotatable bonds is 5.